The number of hydrogen-bond acceptors (Lipinski definition) is 6. The molecule has 0 aromatic heterocycles. The summed E-state index contributed by atoms with van der Waals surface area (Å²) in [5.74, 6) is -0.663. The molecule has 1 saturated heterocycles. The lowest BCUT2D eigenvalue weighted by molar-refractivity contribution is -0.138. The van der Waals surface area contributed by atoms with Gasteiger partial charge in [-0.1, -0.05) is 6.42 Å². The Morgan fingerprint density at radius 2 is 1.79 bits per heavy atom. The van der Waals surface area contributed by atoms with Crippen LogP contribution in [0.3, 0.4) is 0 Å². The minimum Gasteiger partial charge on any atom is -0.356 e. The summed E-state index contributed by atoms with van der Waals surface area (Å²) in [5, 5.41) is 5.57. The second-order valence-electron chi connectivity index (χ2n) is 6.85. The number of carbonyl (C=O) groups is 4. The highest BCUT2D eigenvalue weighted by Gasteiger charge is 2.35. The minimum atomic E-state index is -0.367. The second kappa shape index (κ2) is 14.4. The number of hydrogen-bond donors (Lipinski definition) is 2. The summed E-state index contributed by atoms with van der Waals surface area (Å²) in [6.07, 6.45) is 2.80. The number of amides is 4. The molecule has 1 heterocycles. The van der Waals surface area contributed by atoms with Crippen molar-refractivity contribution in [2.75, 3.05) is 32.8 Å². The van der Waals surface area contributed by atoms with Gasteiger partial charge in [0, 0.05) is 45.5 Å². The molecule has 3 atom stereocenters. The fraction of sp³-hybridized carbons (Fsp3) is 0.789. The van der Waals surface area contributed by atoms with Crippen LogP contribution in [0.5, 0.6) is 0 Å². The van der Waals surface area contributed by atoms with E-state index in [1.807, 2.05) is 13.8 Å². The first-order valence-electron chi connectivity index (χ1n) is 10.2. The van der Waals surface area contributed by atoms with E-state index in [1.165, 1.54) is 0 Å². The topological polar surface area (TPSA) is 114 Å². The summed E-state index contributed by atoms with van der Waals surface area (Å²) in [7, 11) is 2.35. The molecule has 1 rings (SSSR count). The number of imide groups is 1. The van der Waals surface area contributed by atoms with Crippen molar-refractivity contribution < 1.29 is 28.7 Å². The molecule has 0 spiro atoms. The Hall–Kier alpha value is -1.57. The predicted octanol–water partition coefficient (Wildman–Crippen LogP) is 0.571. The fourth-order valence-electron chi connectivity index (χ4n) is 2.85. The van der Waals surface area contributed by atoms with Crippen LogP contribution in [-0.4, -0.2) is 73.3 Å². The second-order valence-corrected chi connectivity index (χ2v) is 7.65. The summed E-state index contributed by atoms with van der Waals surface area (Å²) in [5.41, 5.74) is -0.367. The Kier molecular flexibility index (Phi) is 12.7. The molecule has 2 N–H and O–H groups in total. The smallest absolute Gasteiger partial charge is 0.236 e. The molecule has 10 heteroatoms. The zero-order chi connectivity index (χ0) is 21.6. The molecule has 4 amide bonds. The first-order valence-corrected chi connectivity index (χ1v) is 10.9. The lowest BCUT2D eigenvalue weighted by atomic mass is 10.2. The van der Waals surface area contributed by atoms with Crippen LogP contribution < -0.4 is 10.6 Å². The lowest BCUT2D eigenvalue weighted by Crippen LogP contribution is -2.35. The number of nitrogens with one attached hydrogen (secondary N) is 2. The molecule has 0 aromatic rings. The van der Waals surface area contributed by atoms with Crippen LogP contribution in [0, 0.1) is 0 Å². The Balaban J connectivity index is 1.97. The Labute approximate surface area is 174 Å². The molecule has 0 bridgehead atoms. The lowest BCUT2D eigenvalue weighted by Gasteiger charge is -2.14. The molecular formula is C19H34N3O6P. The van der Waals surface area contributed by atoms with E-state index in [0.29, 0.717) is 32.7 Å². The van der Waals surface area contributed by atoms with E-state index in [2.05, 4.69) is 19.9 Å². The van der Waals surface area contributed by atoms with Crippen LogP contribution in [-0.2, 0) is 28.7 Å². The third-order valence-corrected chi connectivity index (χ3v) is 4.94. The largest absolute Gasteiger partial charge is 0.356 e. The summed E-state index contributed by atoms with van der Waals surface area (Å²) in [4.78, 5) is 48.1. The highest BCUT2D eigenvalue weighted by Crippen LogP contribution is 2.19. The fourth-order valence-corrected chi connectivity index (χ4v) is 3.23. The van der Waals surface area contributed by atoms with Gasteiger partial charge >= 0.3 is 0 Å². The van der Waals surface area contributed by atoms with Crippen LogP contribution in [0.4, 0.5) is 0 Å². The van der Waals surface area contributed by atoms with Gasteiger partial charge in [-0.05, 0) is 26.7 Å². The molecule has 29 heavy (non-hydrogen) atoms. The number of ether oxygens (including phenoxy) is 2. The van der Waals surface area contributed by atoms with Crippen molar-refractivity contribution in [3.05, 3.63) is 0 Å². The molecule has 0 saturated carbocycles. The maximum Gasteiger partial charge on any atom is 0.236 e. The number of carbonyl (C=O) groups excluding carboxylic acids is 4. The number of unbranched alkanes of at least 4 members (excludes halogenated alkanes) is 2. The van der Waals surface area contributed by atoms with Gasteiger partial charge in [-0.15, -0.1) is 9.24 Å². The Morgan fingerprint density at radius 1 is 1.10 bits per heavy atom. The van der Waals surface area contributed by atoms with Crippen molar-refractivity contribution in [2.24, 2.45) is 0 Å². The standard InChI is InChI=1S/C19H34N3O6P/c1-3-27-14(2)28-12-10-21-16(23)7-5-4-6-9-20-17(24)8-11-22-18(25)13-15(29)19(22)26/h14-15H,3-13,29H2,1-2H3,(H,20,24)(H,21,23). The van der Waals surface area contributed by atoms with E-state index in [-0.39, 0.29) is 55.0 Å². The van der Waals surface area contributed by atoms with E-state index >= 15 is 0 Å². The highest BCUT2D eigenvalue weighted by atomic mass is 31.0. The molecule has 1 aliphatic heterocycles. The Morgan fingerprint density at radius 3 is 2.45 bits per heavy atom. The number of rotatable bonds is 15. The van der Waals surface area contributed by atoms with Crippen molar-refractivity contribution >= 4 is 32.9 Å². The molecule has 1 aliphatic rings. The molecule has 3 unspecified atom stereocenters. The minimum absolute atomic E-state index is 0.0194. The predicted molar refractivity (Wildman–Crippen MR) is 111 cm³/mol. The zero-order valence-corrected chi connectivity index (χ0v) is 18.6. The van der Waals surface area contributed by atoms with Crippen molar-refractivity contribution in [3.8, 4) is 0 Å². The maximum atomic E-state index is 11.8. The van der Waals surface area contributed by atoms with E-state index in [1.54, 1.807) is 0 Å². The monoisotopic (exact) mass is 431 g/mol. The van der Waals surface area contributed by atoms with E-state index in [9.17, 15) is 19.2 Å². The Bertz CT molecular complexity index is 560. The quantitative estimate of drug-likeness (QED) is 0.170. The van der Waals surface area contributed by atoms with E-state index < -0.39 is 0 Å². The summed E-state index contributed by atoms with van der Waals surface area (Å²) >= 11 is 0. The van der Waals surface area contributed by atoms with Gasteiger partial charge in [0.15, 0.2) is 6.29 Å². The molecule has 0 aromatic carbocycles. The van der Waals surface area contributed by atoms with E-state index in [4.69, 9.17) is 9.47 Å². The van der Waals surface area contributed by atoms with Crippen LogP contribution in [0.1, 0.15) is 52.4 Å². The van der Waals surface area contributed by atoms with Crippen molar-refractivity contribution in [3.63, 3.8) is 0 Å². The van der Waals surface area contributed by atoms with Gasteiger partial charge in [0.05, 0.1) is 12.3 Å². The van der Waals surface area contributed by atoms with Gasteiger partial charge in [0.25, 0.3) is 0 Å². The van der Waals surface area contributed by atoms with E-state index in [0.717, 1.165) is 24.2 Å². The number of nitrogens with zero attached hydrogens (tertiary/aromatic N) is 1. The van der Waals surface area contributed by atoms with Gasteiger partial charge in [-0.25, -0.2) is 0 Å². The number of likely N-dealkylation sites (tertiary alicyclic amines) is 1. The third-order valence-electron chi connectivity index (χ3n) is 4.42. The van der Waals surface area contributed by atoms with Crippen LogP contribution in [0.15, 0.2) is 0 Å². The molecule has 9 nitrogen and oxygen atoms in total. The summed E-state index contributed by atoms with van der Waals surface area (Å²) in [6.45, 7) is 5.79. The first kappa shape index (κ1) is 25.5. The van der Waals surface area contributed by atoms with Crippen molar-refractivity contribution in [2.45, 2.75) is 64.3 Å². The SMILES string of the molecule is CCOC(C)OCCNC(=O)CCCCCNC(=O)CCN1C(=O)CC(P)C1=O. The van der Waals surface area contributed by atoms with Crippen LogP contribution in [0.2, 0.25) is 0 Å². The van der Waals surface area contributed by atoms with Gasteiger partial charge in [-0.3, -0.25) is 24.1 Å². The summed E-state index contributed by atoms with van der Waals surface area (Å²) in [6, 6.07) is 0. The van der Waals surface area contributed by atoms with Gasteiger partial charge in [0.2, 0.25) is 23.6 Å². The van der Waals surface area contributed by atoms with Crippen molar-refractivity contribution in [1.82, 2.24) is 15.5 Å². The van der Waals surface area contributed by atoms with Crippen molar-refractivity contribution in [1.29, 1.82) is 0 Å². The van der Waals surface area contributed by atoms with Gasteiger partial charge in [-0.2, -0.15) is 0 Å². The average Bonchev–Trinajstić information content (AvgIpc) is 2.91. The van der Waals surface area contributed by atoms with Crippen LogP contribution in [0.25, 0.3) is 0 Å². The molecule has 0 aliphatic carbocycles. The molecular weight excluding hydrogens is 397 g/mol. The maximum absolute atomic E-state index is 11.8. The van der Waals surface area contributed by atoms with Gasteiger partial charge < -0.3 is 20.1 Å². The zero-order valence-electron chi connectivity index (χ0n) is 17.4. The highest BCUT2D eigenvalue weighted by molar-refractivity contribution is 7.19. The van der Waals surface area contributed by atoms with Gasteiger partial charge in [0.1, 0.15) is 0 Å². The normalized spacial score (nSPS) is 17.5. The average molecular weight is 431 g/mol. The molecule has 0 radical (unpaired) electrons. The first-order chi connectivity index (χ1) is 13.8. The molecule has 166 valence electrons. The summed E-state index contributed by atoms with van der Waals surface area (Å²) < 4.78 is 10.6. The van der Waals surface area contributed by atoms with Crippen LogP contribution >= 0.6 is 9.24 Å². The molecule has 1 fully saturated rings. The third kappa shape index (κ3) is 10.7.